The van der Waals surface area contributed by atoms with Crippen LogP contribution in [0.3, 0.4) is 0 Å². The molecular formula is C6H9NaO7S2. The molecule has 0 radical (unpaired) electrons. The van der Waals surface area contributed by atoms with Crippen LogP contribution in [0.4, 0.5) is 0 Å². The first-order valence-corrected chi connectivity index (χ1v) is 6.17. The van der Waals surface area contributed by atoms with Gasteiger partial charge in [0, 0.05) is 0 Å². The second kappa shape index (κ2) is 7.35. The van der Waals surface area contributed by atoms with E-state index in [1.807, 2.05) is 0 Å². The van der Waals surface area contributed by atoms with E-state index in [1.165, 1.54) is 12.1 Å². The summed E-state index contributed by atoms with van der Waals surface area (Å²) in [5, 5.41) is 0. The third kappa shape index (κ3) is 12.1. The van der Waals surface area contributed by atoms with E-state index in [-0.39, 0.29) is 35.9 Å². The molecular weight excluding hydrogens is 271 g/mol. The van der Waals surface area contributed by atoms with Gasteiger partial charge in [-0.3, -0.25) is 13.7 Å². The van der Waals surface area contributed by atoms with Gasteiger partial charge in [0.1, 0.15) is 0 Å². The van der Waals surface area contributed by atoms with Crippen LogP contribution >= 0.6 is 0 Å². The van der Waals surface area contributed by atoms with Gasteiger partial charge in [0.05, 0.1) is 4.90 Å². The van der Waals surface area contributed by atoms with Crippen LogP contribution in [-0.2, 0) is 20.5 Å². The first-order valence-electron chi connectivity index (χ1n) is 3.33. The van der Waals surface area contributed by atoms with Crippen molar-refractivity contribution in [3.8, 4) is 0 Å². The van der Waals surface area contributed by atoms with Gasteiger partial charge >= 0.3 is 40.0 Å². The number of hydrogen-bond acceptors (Lipinski definition) is 4. The molecule has 16 heavy (non-hydrogen) atoms. The van der Waals surface area contributed by atoms with Crippen molar-refractivity contribution in [2.75, 3.05) is 0 Å². The van der Waals surface area contributed by atoms with Crippen LogP contribution < -0.4 is 29.6 Å². The van der Waals surface area contributed by atoms with E-state index in [0.29, 0.717) is 0 Å². The summed E-state index contributed by atoms with van der Waals surface area (Å²) in [7, 11) is -8.67. The van der Waals surface area contributed by atoms with Gasteiger partial charge in [0.2, 0.25) is 0 Å². The van der Waals surface area contributed by atoms with Crippen molar-refractivity contribution < 1.29 is 61.5 Å². The summed E-state index contributed by atoms with van der Waals surface area (Å²) in [5.74, 6) is 0. The smallest absolute Gasteiger partial charge is 1.00 e. The summed E-state index contributed by atoms with van der Waals surface area (Å²) in [6.45, 7) is 0. The largest absolute Gasteiger partial charge is 1.00 e. The molecule has 1 rings (SSSR count). The Kier molecular flexibility index (Phi) is 8.44. The van der Waals surface area contributed by atoms with Crippen molar-refractivity contribution in [2.45, 2.75) is 4.90 Å². The van der Waals surface area contributed by atoms with Gasteiger partial charge in [0.15, 0.2) is 0 Å². The minimum atomic E-state index is -4.67. The van der Waals surface area contributed by atoms with Gasteiger partial charge in [-0.05, 0) is 12.1 Å². The first kappa shape index (κ1) is 18.4. The average Bonchev–Trinajstić information content (AvgIpc) is 2.01. The Hall–Kier alpha value is 0. The molecule has 0 amide bonds. The van der Waals surface area contributed by atoms with Crippen LogP contribution in [0.5, 0.6) is 0 Å². The summed E-state index contributed by atoms with van der Waals surface area (Å²) in [6.07, 6.45) is 0. The van der Waals surface area contributed by atoms with Crippen LogP contribution in [0.25, 0.3) is 0 Å². The summed E-state index contributed by atoms with van der Waals surface area (Å²) in [6, 6.07) is 7.42. The average molecular weight is 280 g/mol. The van der Waals surface area contributed by atoms with Crippen molar-refractivity contribution in [1.82, 2.24) is 0 Å². The monoisotopic (exact) mass is 280 g/mol. The summed E-state index contributed by atoms with van der Waals surface area (Å²) in [4.78, 5) is -0.0741. The van der Waals surface area contributed by atoms with Crippen LogP contribution in [0.2, 0.25) is 0 Å². The second-order valence-electron chi connectivity index (χ2n) is 2.24. The van der Waals surface area contributed by atoms with E-state index in [2.05, 4.69) is 0 Å². The van der Waals surface area contributed by atoms with Crippen molar-refractivity contribution in [1.29, 1.82) is 0 Å². The molecule has 0 saturated carbocycles. The normalized spacial score (nSPS) is 10.7. The second-order valence-corrected chi connectivity index (χ2v) is 4.55. The van der Waals surface area contributed by atoms with E-state index >= 15 is 0 Å². The van der Waals surface area contributed by atoms with E-state index in [9.17, 15) is 8.42 Å². The molecule has 0 spiro atoms. The molecule has 0 unspecified atom stereocenters. The fraction of sp³-hybridized carbons (Fsp3) is 0. The quantitative estimate of drug-likeness (QED) is 0.380. The van der Waals surface area contributed by atoms with Crippen molar-refractivity contribution >= 4 is 20.5 Å². The topological polar surface area (TPSA) is 129 Å². The SMILES string of the molecule is O=S(=O)(O)O.O=S(=O)(O)c1ccccc1.[H-].[Na+]. The molecule has 7 nitrogen and oxygen atoms in total. The fourth-order valence-electron chi connectivity index (χ4n) is 0.592. The zero-order valence-electron chi connectivity index (χ0n) is 9.18. The maximum Gasteiger partial charge on any atom is 1.00 e. The zero-order chi connectivity index (χ0) is 12.1. The molecule has 0 aliphatic carbocycles. The van der Waals surface area contributed by atoms with Crippen LogP contribution in [-0.4, -0.2) is 30.5 Å². The first-order chi connectivity index (χ1) is 6.61. The minimum Gasteiger partial charge on any atom is -1.00 e. The summed E-state index contributed by atoms with van der Waals surface area (Å²) < 4.78 is 60.8. The molecule has 0 heterocycles. The van der Waals surface area contributed by atoms with Crippen LogP contribution in [0.15, 0.2) is 35.2 Å². The minimum absolute atomic E-state index is 0. The Balaban J connectivity index is -0.000000247. The Morgan fingerprint density at radius 3 is 1.38 bits per heavy atom. The standard InChI is InChI=1S/C6H6O3S.Na.H2O4S.H/c7-10(8,9)6-4-2-1-3-5-6;;1-5(2,3)4;/h1-5H,(H,7,8,9);;(H2,1,2,3,4);/q;+1;;-1. The summed E-state index contributed by atoms with van der Waals surface area (Å²) >= 11 is 0. The molecule has 3 N–H and O–H groups in total. The molecule has 0 aliphatic rings. The molecule has 0 aromatic heterocycles. The van der Waals surface area contributed by atoms with Gasteiger partial charge in [0.25, 0.3) is 10.1 Å². The van der Waals surface area contributed by atoms with Crippen LogP contribution in [0, 0.1) is 0 Å². The fourth-order valence-corrected chi connectivity index (χ4v) is 1.09. The van der Waals surface area contributed by atoms with E-state index < -0.39 is 20.5 Å². The van der Waals surface area contributed by atoms with Gasteiger partial charge in [-0.1, -0.05) is 18.2 Å². The molecule has 0 aliphatic heterocycles. The van der Waals surface area contributed by atoms with Gasteiger partial charge in [-0.25, -0.2) is 0 Å². The third-order valence-corrected chi connectivity index (χ3v) is 1.91. The maximum atomic E-state index is 10.4. The Morgan fingerprint density at radius 1 is 0.875 bits per heavy atom. The maximum absolute atomic E-state index is 10.4. The van der Waals surface area contributed by atoms with Crippen molar-refractivity contribution in [3.05, 3.63) is 30.3 Å². The van der Waals surface area contributed by atoms with E-state index in [0.717, 1.165) is 0 Å². The number of benzene rings is 1. The Bertz CT molecular complexity index is 490. The molecule has 0 fully saturated rings. The molecule has 1 aromatic rings. The molecule has 88 valence electrons. The van der Waals surface area contributed by atoms with Gasteiger partial charge in [-0.15, -0.1) is 0 Å². The van der Waals surface area contributed by atoms with Gasteiger partial charge < -0.3 is 1.43 Å². The van der Waals surface area contributed by atoms with Crippen molar-refractivity contribution in [2.24, 2.45) is 0 Å². The molecule has 0 atom stereocenters. The Morgan fingerprint density at radius 2 is 1.19 bits per heavy atom. The van der Waals surface area contributed by atoms with E-state index in [4.69, 9.17) is 22.1 Å². The van der Waals surface area contributed by atoms with Crippen molar-refractivity contribution in [3.63, 3.8) is 0 Å². The number of rotatable bonds is 1. The number of hydrogen-bond donors (Lipinski definition) is 3. The molecule has 0 bridgehead atoms. The third-order valence-electron chi connectivity index (χ3n) is 1.04. The van der Waals surface area contributed by atoms with Crippen LogP contribution in [0.1, 0.15) is 1.43 Å². The molecule has 1 aromatic carbocycles. The van der Waals surface area contributed by atoms with E-state index in [1.54, 1.807) is 18.2 Å². The summed E-state index contributed by atoms with van der Waals surface area (Å²) in [5.41, 5.74) is 0. The molecule has 0 saturated heterocycles. The predicted octanol–water partition coefficient (Wildman–Crippen LogP) is -2.60. The van der Waals surface area contributed by atoms with Gasteiger partial charge in [-0.2, -0.15) is 16.8 Å². The zero-order valence-corrected chi connectivity index (χ0v) is 11.8. The molecule has 10 heteroatoms. The predicted molar refractivity (Wildman–Crippen MR) is 51.5 cm³/mol. The Labute approximate surface area is 117 Å².